The van der Waals surface area contributed by atoms with E-state index < -0.39 is 5.60 Å². The van der Waals surface area contributed by atoms with Gasteiger partial charge in [-0.15, -0.1) is 0 Å². The number of ether oxygens (including phenoxy) is 1. The molecule has 4 nitrogen and oxygen atoms in total. The van der Waals surface area contributed by atoms with Crippen LogP contribution in [-0.4, -0.2) is 36.0 Å². The van der Waals surface area contributed by atoms with Gasteiger partial charge in [-0.05, 0) is 100 Å². The summed E-state index contributed by atoms with van der Waals surface area (Å²) in [5.74, 6) is 4.72. The van der Waals surface area contributed by atoms with Crippen molar-refractivity contribution in [2.24, 2.45) is 58.7 Å². The summed E-state index contributed by atoms with van der Waals surface area (Å²) in [4.78, 5) is 28.4. The van der Waals surface area contributed by atoms with Crippen molar-refractivity contribution in [3.8, 4) is 0 Å². The molecular weight excluding hydrogens is 434 g/mol. The highest BCUT2D eigenvalue weighted by Gasteiger charge is 2.59. The van der Waals surface area contributed by atoms with Crippen molar-refractivity contribution in [1.82, 2.24) is 4.90 Å². The molecule has 2 aliphatic carbocycles. The van der Waals surface area contributed by atoms with Gasteiger partial charge in [-0.2, -0.15) is 0 Å². The van der Waals surface area contributed by atoms with Crippen LogP contribution in [0.5, 0.6) is 0 Å². The number of amides is 1. The molecule has 1 saturated heterocycles. The molecule has 0 bridgehead atoms. The second-order valence-electron chi connectivity index (χ2n) is 14.4. The highest BCUT2D eigenvalue weighted by atomic mass is 16.6. The Hall–Kier alpha value is -1.06. The third-order valence-corrected chi connectivity index (χ3v) is 10.1. The Labute approximate surface area is 216 Å². The van der Waals surface area contributed by atoms with Gasteiger partial charge < -0.3 is 14.4 Å². The number of likely N-dealkylation sites (tertiary alicyclic amines) is 1. The average molecular weight is 490 g/mol. The van der Waals surface area contributed by atoms with Crippen molar-refractivity contribution in [3.05, 3.63) is 0 Å². The molecule has 0 aromatic heterocycles. The molecule has 7 atom stereocenters. The summed E-state index contributed by atoms with van der Waals surface area (Å²) in [7, 11) is 0. The molecular formula is C31H55NO3. The fourth-order valence-electron chi connectivity index (χ4n) is 8.47. The Bertz CT molecular complexity index is 691. The van der Waals surface area contributed by atoms with Crippen LogP contribution in [-0.2, 0) is 9.53 Å². The first-order chi connectivity index (χ1) is 16.3. The summed E-state index contributed by atoms with van der Waals surface area (Å²) in [6.45, 7) is 21.5. The summed E-state index contributed by atoms with van der Waals surface area (Å²) in [5.41, 5.74) is -0.676. The monoisotopic (exact) mass is 489 g/mol. The Morgan fingerprint density at radius 3 is 1.77 bits per heavy atom. The maximum Gasteiger partial charge on any atom is 0.410 e. The van der Waals surface area contributed by atoms with E-state index >= 15 is 0 Å². The number of rotatable bonds is 5. The molecule has 2 saturated carbocycles. The van der Waals surface area contributed by atoms with Gasteiger partial charge in [-0.25, -0.2) is 4.79 Å². The summed E-state index contributed by atoms with van der Waals surface area (Å²) < 4.78 is 5.90. The molecule has 1 aliphatic heterocycles. The van der Waals surface area contributed by atoms with Crippen LogP contribution in [0.1, 0.15) is 107 Å². The quantitative estimate of drug-likeness (QED) is 0.369. The first-order valence-corrected chi connectivity index (χ1v) is 14.7. The second kappa shape index (κ2) is 11.1. The molecule has 35 heavy (non-hydrogen) atoms. The van der Waals surface area contributed by atoms with E-state index in [0.29, 0.717) is 60.4 Å². The molecule has 0 aromatic carbocycles. The largest absolute Gasteiger partial charge is 0.444 e. The van der Waals surface area contributed by atoms with Gasteiger partial charge in [-0.3, -0.25) is 0 Å². The maximum absolute atomic E-state index is 13.4. The van der Waals surface area contributed by atoms with Crippen LogP contribution >= 0.6 is 0 Å². The lowest BCUT2D eigenvalue weighted by Crippen LogP contribution is -2.63. The lowest BCUT2D eigenvalue weighted by atomic mass is 9.45. The molecule has 202 valence electrons. The predicted molar refractivity (Wildman–Crippen MR) is 144 cm³/mol. The molecule has 1 amide bonds. The van der Waals surface area contributed by atoms with Gasteiger partial charge in [0.25, 0.3) is 0 Å². The van der Waals surface area contributed by atoms with Gasteiger partial charge in [-0.1, -0.05) is 54.4 Å². The van der Waals surface area contributed by atoms with Gasteiger partial charge in [0.15, 0.2) is 0 Å². The average Bonchev–Trinajstić information content (AvgIpc) is 2.76. The SMILES string of the molecule is CC1CCC(C(C)C)C(C2(C3CC(C)CCC3C(C)C)CN(C(=O)OC(C)(C)C)CCC2C=O)C1. The zero-order chi connectivity index (χ0) is 26.1. The van der Waals surface area contributed by atoms with Crippen LogP contribution < -0.4 is 0 Å². The number of hydrogen-bond acceptors (Lipinski definition) is 3. The van der Waals surface area contributed by atoms with E-state index in [-0.39, 0.29) is 17.4 Å². The Morgan fingerprint density at radius 2 is 1.37 bits per heavy atom. The van der Waals surface area contributed by atoms with E-state index in [1.807, 2.05) is 25.7 Å². The number of carbonyl (C=O) groups is 2. The third kappa shape index (κ3) is 6.09. The van der Waals surface area contributed by atoms with Crippen molar-refractivity contribution in [2.45, 2.75) is 113 Å². The van der Waals surface area contributed by atoms with Crippen molar-refractivity contribution in [1.29, 1.82) is 0 Å². The van der Waals surface area contributed by atoms with Crippen LogP contribution in [0.4, 0.5) is 4.79 Å². The third-order valence-electron chi connectivity index (χ3n) is 10.1. The van der Waals surface area contributed by atoms with Crippen LogP contribution in [0.15, 0.2) is 0 Å². The van der Waals surface area contributed by atoms with Crippen molar-refractivity contribution in [3.63, 3.8) is 0 Å². The van der Waals surface area contributed by atoms with Gasteiger partial charge in [0, 0.05) is 24.4 Å². The molecule has 0 radical (unpaired) electrons. The molecule has 4 heteroatoms. The summed E-state index contributed by atoms with van der Waals surface area (Å²) >= 11 is 0. The topological polar surface area (TPSA) is 46.6 Å². The van der Waals surface area contributed by atoms with Crippen LogP contribution in [0, 0.1) is 58.7 Å². The van der Waals surface area contributed by atoms with Crippen molar-refractivity contribution in [2.75, 3.05) is 13.1 Å². The normalized spacial score (nSPS) is 39.1. The zero-order valence-electron chi connectivity index (χ0n) is 24.3. The first-order valence-electron chi connectivity index (χ1n) is 14.7. The summed E-state index contributed by atoms with van der Waals surface area (Å²) in [6, 6.07) is 0. The van der Waals surface area contributed by atoms with Gasteiger partial charge in [0.1, 0.15) is 11.9 Å². The number of aldehydes is 1. The highest BCUT2D eigenvalue weighted by Crippen LogP contribution is 2.61. The van der Waals surface area contributed by atoms with E-state index in [0.717, 1.165) is 6.42 Å². The second-order valence-corrected chi connectivity index (χ2v) is 14.4. The van der Waals surface area contributed by atoms with E-state index in [9.17, 15) is 9.59 Å². The number of hydrogen-bond donors (Lipinski definition) is 0. The minimum Gasteiger partial charge on any atom is -0.444 e. The standard InChI is InChI=1S/C31H55NO3/c1-20(2)25-12-10-22(5)16-27(25)31(28-17-23(6)11-13-26(28)21(3)4)19-32(15-14-24(31)18-33)29(34)35-30(7,8)9/h18,20-28H,10-17,19H2,1-9H3. The lowest BCUT2D eigenvalue weighted by Gasteiger charge is -2.62. The smallest absolute Gasteiger partial charge is 0.410 e. The fraction of sp³-hybridized carbons (Fsp3) is 0.935. The lowest BCUT2D eigenvalue weighted by molar-refractivity contribution is -0.152. The first kappa shape index (κ1) is 28.5. The van der Waals surface area contributed by atoms with Crippen LogP contribution in [0.2, 0.25) is 0 Å². The maximum atomic E-state index is 13.4. The van der Waals surface area contributed by atoms with Crippen LogP contribution in [0.25, 0.3) is 0 Å². The van der Waals surface area contributed by atoms with Gasteiger partial charge >= 0.3 is 6.09 Å². The minimum absolute atomic E-state index is 0.0225. The summed E-state index contributed by atoms with van der Waals surface area (Å²) in [6.07, 6.45) is 9.32. The molecule has 3 rings (SSSR count). The predicted octanol–water partition coefficient (Wildman–Crippen LogP) is 7.85. The molecule has 7 unspecified atom stereocenters. The Morgan fingerprint density at radius 1 is 0.886 bits per heavy atom. The Balaban J connectivity index is 2.16. The molecule has 0 spiro atoms. The molecule has 0 N–H and O–H groups in total. The highest BCUT2D eigenvalue weighted by molar-refractivity contribution is 5.69. The number of piperidine rings is 1. The van der Waals surface area contributed by atoms with Crippen molar-refractivity contribution >= 4 is 12.4 Å². The number of carbonyl (C=O) groups excluding carboxylic acids is 2. The van der Waals surface area contributed by atoms with E-state index in [1.54, 1.807) is 0 Å². The van der Waals surface area contributed by atoms with E-state index in [2.05, 4.69) is 41.5 Å². The molecule has 1 heterocycles. The Kier molecular flexibility index (Phi) is 9.07. The summed E-state index contributed by atoms with van der Waals surface area (Å²) in [5, 5.41) is 0. The number of nitrogens with zero attached hydrogens (tertiary/aromatic N) is 1. The molecule has 3 aliphatic rings. The minimum atomic E-state index is -0.513. The van der Waals surface area contributed by atoms with Crippen molar-refractivity contribution < 1.29 is 14.3 Å². The molecule has 0 aromatic rings. The fourth-order valence-corrected chi connectivity index (χ4v) is 8.47. The van der Waals surface area contributed by atoms with Crippen LogP contribution in [0.3, 0.4) is 0 Å². The van der Waals surface area contributed by atoms with Gasteiger partial charge in [0.05, 0.1) is 0 Å². The zero-order valence-corrected chi connectivity index (χ0v) is 24.3. The molecule has 3 fully saturated rings. The van der Waals surface area contributed by atoms with E-state index in [1.165, 1.54) is 44.8 Å². The van der Waals surface area contributed by atoms with E-state index in [4.69, 9.17) is 4.74 Å². The van der Waals surface area contributed by atoms with Gasteiger partial charge in [0.2, 0.25) is 0 Å².